The average molecular weight is 196 g/mol. The number of aliphatic hydroxyl groups excluding tert-OH is 1. The largest absolute Gasteiger partial charge is 0.503 e. The van der Waals surface area contributed by atoms with Gasteiger partial charge in [-0.2, -0.15) is 0 Å². The molecule has 0 aromatic heterocycles. The number of allylic oxidation sites excluding steroid dienone is 2. The third kappa shape index (κ3) is 2.20. The average Bonchev–Trinajstić information content (AvgIpc) is 2.13. The van der Waals surface area contributed by atoms with Crippen molar-refractivity contribution in [1.29, 1.82) is 0 Å². The fourth-order valence-electron chi connectivity index (χ4n) is 1.41. The second kappa shape index (κ2) is 4.37. The minimum Gasteiger partial charge on any atom is -0.503 e. The second-order valence-electron chi connectivity index (χ2n) is 3.66. The van der Waals surface area contributed by atoms with Crippen LogP contribution < -0.4 is 0 Å². The van der Waals surface area contributed by atoms with Crippen molar-refractivity contribution in [2.45, 2.75) is 13.3 Å². The van der Waals surface area contributed by atoms with Gasteiger partial charge in [0.05, 0.1) is 11.6 Å². The fourth-order valence-corrected chi connectivity index (χ4v) is 1.41. The van der Waals surface area contributed by atoms with Crippen molar-refractivity contribution < 1.29 is 9.90 Å². The maximum Gasteiger partial charge on any atom is 0.208 e. The predicted molar refractivity (Wildman–Crippen MR) is 55.5 cm³/mol. The summed E-state index contributed by atoms with van der Waals surface area (Å²) in [5.41, 5.74) is 0.491. The van der Waals surface area contributed by atoms with Crippen LogP contribution in [0.25, 0.3) is 0 Å². The number of Topliss-reactive ketones (excluding diaryl/α,β-unsaturated/α-hetero) is 1. The molecule has 1 atom stereocenters. The zero-order valence-electron chi connectivity index (χ0n) is 8.82. The molecule has 0 saturated heterocycles. The smallest absolute Gasteiger partial charge is 0.208 e. The lowest BCUT2D eigenvalue weighted by molar-refractivity contribution is -0.120. The van der Waals surface area contributed by atoms with Gasteiger partial charge >= 0.3 is 0 Å². The Labute approximate surface area is 83.9 Å². The van der Waals surface area contributed by atoms with E-state index in [0.717, 1.165) is 0 Å². The van der Waals surface area contributed by atoms with Gasteiger partial charge in [-0.1, -0.05) is 6.92 Å². The van der Waals surface area contributed by atoms with Crippen LogP contribution in [0.5, 0.6) is 0 Å². The van der Waals surface area contributed by atoms with Crippen molar-refractivity contribution >= 4 is 12.0 Å². The van der Waals surface area contributed by atoms with Gasteiger partial charge in [0.25, 0.3) is 0 Å². The highest BCUT2D eigenvalue weighted by atomic mass is 16.3. The maximum atomic E-state index is 11.6. The molecule has 0 fully saturated rings. The minimum absolute atomic E-state index is 0.165. The molecule has 1 aliphatic heterocycles. The maximum absolute atomic E-state index is 11.6. The van der Waals surface area contributed by atoms with Crippen LogP contribution in [0.2, 0.25) is 0 Å². The normalized spacial score (nSPS) is 22.3. The molecule has 0 bridgehead atoms. The minimum atomic E-state index is -0.305. The van der Waals surface area contributed by atoms with Crippen molar-refractivity contribution in [3.8, 4) is 0 Å². The number of carbonyl (C=O) groups excluding carboxylic acids is 1. The zero-order valence-corrected chi connectivity index (χ0v) is 8.82. The van der Waals surface area contributed by atoms with E-state index < -0.39 is 0 Å². The molecule has 1 N–H and O–H groups in total. The topological polar surface area (TPSA) is 52.9 Å². The predicted octanol–water partition coefficient (Wildman–Crippen LogP) is 0.997. The molecule has 1 rings (SSSR count). The lowest BCUT2D eigenvalue weighted by Gasteiger charge is -2.19. The van der Waals surface area contributed by atoms with Gasteiger partial charge in [0.15, 0.2) is 5.76 Å². The van der Waals surface area contributed by atoms with E-state index in [1.54, 1.807) is 6.21 Å². The molecule has 1 unspecified atom stereocenters. The van der Waals surface area contributed by atoms with E-state index in [-0.39, 0.29) is 17.5 Å². The Bertz CT molecular complexity index is 292. The fraction of sp³-hybridized carbons (Fsp3) is 0.600. The summed E-state index contributed by atoms with van der Waals surface area (Å²) in [6, 6.07) is 0. The molecule has 78 valence electrons. The molecule has 1 aliphatic rings. The van der Waals surface area contributed by atoms with Crippen LogP contribution in [0.4, 0.5) is 0 Å². The van der Waals surface area contributed by atoms with E-state index in [0.29, 0.717) is 18.7 Å². The first-order chi connectivity index (χ1) is 6.56. The Morgan fingerprint density at radius 1 is 1.57 bits per heavy atom. The molecule has 0 aromatic carbocycles. The van der Waals surface area contributed by atoms with E-state index in [1.807, 2.05) is 25.9 Å². The van der Waals surface area contributed by atoms with Crippen molar-refractivity contribution in [2.75, 3.05) is 20.6 Å². The molecule has 4 heteroatoms. The number of rotatable bonds is 3. The van der Waals surface area contributed by atoms with E-state index in [4.69, 9.17) is 0 Å². The highest BCUT2D eigenvalue weighted by Crippen LogP contribution is 2.18. The van der Waals surface area contributed by atoms with Gasteiger partial charge in [-0.25, -0.2) is 0 Å². The quantitative estimate of drug-likeness (QED) is 0.732. The molecule has 14 heavy (non-hydrogen) atoms. The summed E-state index contributed by atoms with van der Waals surface area (Å²) >= 11 is 0. The van der Waals surface area contributed by atoms with Crippen molar-refractivity contribution in [1.82, 2.24) is 4.90 Å². The van der Waals surface area contributed by atoms with E-state index in [2.05, 4.69) is 4.99 Å². The van der Waals surface area contributed by atoms with Crippen LogP contribution in [0.3, 0.4) is 0 Å². The Morgan fingerprint density at radius 2 is 2.21 bits per heavy atom. The van der Waals surface area contributed by atoms with E-state index >= 15 is 0 Å². The first kappa shape index (κ1) is 10.9. The van der Waals surface area contributed by atoms with Crippen molar-refractivity contribution in [2.24, 2.45) is 10.9 Å². The van der Waals surface area contributed by atoms with Gasteiger partial charge in [-0.3, -0.25) is 9.79 Å². The Hall–Kier alpha value is -1.16. The molecule has 0 amide bonds. The lowest BCUT2D eigenvalue weighted by atomic mass is 9.99. The van der Waals surface area contributed by atoms with Crippen LogP contribution >= 0.6 is 0 Å². The summed E-state index contributed by atoms with van der Waals surface area (Å²) < 4.78 is 0. The van der Waals surface area contributed by atoms with E-state index in [1.165, 1.54) is 0 Å². The first-order valence-electron chi connectivity index (χ1n) is 4.71. The number of ketones is 1. The highest BCUT2D eigenvalue weighted by molar-refractivity contribution is 6.06. The monoisotopic (exact) mass is 196 g/mol. The Kier molecular flexibility index (Phi) is 3.41. The number of aliphatic imine (C=N–C) groups is 1. The number of aliphatic hydroxyl groups is 1. The van der Waals surface area contributed by atoms with Crippen LogP contribution in [-0.2, 0) is 4.79 Å². The third-order valence-corrected chi connectivity index (χ3v) is 2.15. The summed E-state index contributed by atoms with van der Waals surface area (Å²) in [5.74, 6) is -0.687. The molecular formula is C10H16N2O2. The second-order valence-corrected chi connectivity index (χ2v) is 3.66. The Balaban J connectivity index is 2.78. The van der Waals surface area contributed by atoms with Crippen LogP contribution in [-0.4, -0.2) is 42.6 Å². The summed E-state index contributed by atoms with van der Waals surface area (Å²) in [5, 5.41) is 9.52. The molecule has 1 heterocycles. The van der Waals surface area contributed by atoms with Gasteiger partial charge in [0.1, 0.15) is 0 Å². The lowest BCUT2D eigenvalue weighted by Crippen LogP contribution is -2.32. The molecule has 0 saturated carbocycles. The van der Waals surface area contributed by atoms with Crippen LogP contribution in [0.15, 0.2) is 16.4 Å². The van der Waals surface area contributed by atoms with Gasteiger partial charge in [-0.05, 0) is 20.5 Å². The molecule has 0 aromatic rings. The van der Waals surface area contributed by atoms with Crippen molar-refractivity contribution in [3.63, 3.8) is 0 Å². The van der Waals surface area contributed by atoms with Gasteiger partial charge in [0, 0.05) is 12.8 Å². The standard InChI is InChI=1S/C10H16N2O2/c1-4-8-10(14)9(13)7(5-11-8)6-12(2)3/h5,7,14H,4,6H2,1-3H3. The van der Waals surface area contributed by atoms with Gasteiger partial charge in [0.2, 0.25) is 5.78 Å². The number of hydrogen-bond acceptors (Lipinski definition) is 4. The summed E-state index contributed by atoms with van der Waals surface area (Å²) in [6.45, 7) is 2.45. The van der Waals surface area contributed by atoms with Crippen LogP contribution in [0.1, 0.15) is 13.3 Å². The molecule has 0 aliphatic carbocycles. The highest BCUT2D eigenvalue weighted by Gasteiger charge is 2.26. The summed E-state index contributed by atoms with van der Waals surface area (Å²) in [4.78, 5) is 17.6. The first-order valence-corrected chi connectivity index (χ1v) is 4.71. The number of hydrogen-bond donors (Lipinski definition) is 1. The Morgan fingerprint density at radius 3 is 2.71 bits per heavy atom. The van der Waals surface area contributed by atoms with Crippen LogP contribution in [0, 0.1) is 5.92 Å². The SMILES string of the molecule is CCC1=C(O)C(=O)C(CN(C)C)C=N1. The molecular weight excluding hydrogens is 180 g/mol. The molecule has 4 nitrogen and oxygen atoms in total. The summed E-state index contributed by atoms with van der Waals surface area (Å²) in [6.07, 6.45) is 2.21. The number of carbonyl (C=O) groups is 1. The molecule has 0 spiro atoms. The summed E-state index contributed by atoms with van der Waals surface area (Å²) in [7, 11) is 3.77. The van der Waals surface area contributed by atoms with Gasteiger partial charge in [-0.15, -0.1) is 0 Å². The van der Waals surface area contributed by atoms with E-state index in [9.17, 15) is 9.90 Å². The molecule has 0 radical (unpaired) electrons. The third-order valence-electron chi connectivity index (χ3n) is 2.15. The zero-order chi connectivity index (χ0) is 10.7. The van der Waals surface area contributed by atoms with Crippen molar-refractivity contribution in [3.05, 3.63) is 11.5 Å². The number of nitrogens with zero attached hydrogens (tertiary/aromatic N) is 2. The van der Waals surface area contributed by atoms with Gasteiger partial charge < -0.3 is 10.0 Å².